The van der Waals surface area contributed by atoms with Crippen molar-refractivity contribution in [3.8, 4) is 0 Å². The maximum absolute atomic E-state index is 13.2. The van der Waals surface area contributed by atoms with Crippen molar-refractivity contribution in [2.45, 2.75) is 40.7 Å². The molecule has 1 saturated carbocycles. The molecule has 0 spiro atoms. The zero-order valence-corrected chi connectivity index (χ0v) is 19.0. The second-order valence-corrected chi connectivity index (χ2v) is 10.4. The van der Waals surface area contributed by atoms with E-state index in [1.165, 1.54) is 17.0 Å². The van der Waals surface area contributed by atoms with Crippen LogP contribution in [0.2, 0.25) is 0 Å². The molecule has 0 aromatic heterocycles. The van der Waals surface area contributed by atoms with Crippen LogP contribution in [0.3, 0.4) is 0 Å². The molecule has 160 valence electrons. The number of hydrogen-bond donors (Lipinski definition) is 2. The van der Waals surface area contributed by atoms with Gasteiger partial charge in [-0.2, -0.15) is 0 Å². The lowest BCUT2D eigenvalue weighted by Gasteiger charge is -2.18. The van der Waals surface area contributed by atoms with Crippen molar-refractivity contribution < 1.29 is 9.18 Å². The van der Waals surface area contributed by atoms with Gasteiger partial charge in [0.15, 0.2) is 0 Å². The van der Waals surface area contributed by atoms with E-state index in [1.54, 1.807) is 35.7 Å². The number of anilines is 2. The second kappa shape index (κ2) is 9.37. The van der Waals surface area contributed by atoms with Crippen LogP contribution in [0.4, 0.5) is 15.8 Å². The first-order chi connectivity index (χ1) is 15.0. The van der Waals surface area contributed by atoms with Crippen molar-refractivity contribution in [1.29, 1.82) is 0 Å². The van der Waals surface area contributed by atoms with Crippen LogP contribution < -0.4 is 11.1 Å². The summed E-state index contributed by atoms with van der Waals surface area (Å²) in [7, 11) is 0. The summed E-state index contributed by atoms with van der Waals surface area (Å²) in [5, 5.41) is 2.95. The lowest BCUT2D eigenvalue weighted by atomic mass is 10.1. The molecule has 3 aromatic carbocycles. The number of rotatable bonds is 8. The maximum Gasteiger partial charge on any atom is 0.228 e. The molecular formula is C25H25FN2OS2. The molecule has 1 aliphatic rings. The molecule has 0 saturated heterocycles. The molecule has 0 aliphatic heterocycles. The number of amides is 1. The molecule has 0 unspecified atom stereocenters. The van der Waals surface area contributed by atoms with Gasteiger partial charge in [0.1, 0.15) is 5.82 Å². The minimum absolute atomic E-state index is 0.0649. The first-order valence-electron chi connectivity index (χ1n) is 10.3. The highest BCUT2D eigenvalue weighted by molar-refractivity contribution is 8.00. The first kappa shape index (κ1) is 21.8. The fourth-order valence-corrected chi connectivity index (χ4v) is 5.57. The summed E-state index contributed by atoms with van der Waals surface area (Å²) >= 11 is 3.51. The van der Waals surface area contributed by atoms with Crippen LogP contribution in [0.15, 0.2) is 76.5 Å². The Balaban J connectivity index is 1.40. The van der Waals surface area contributed by atoms with E-state index in [0.29, 0.717) is 17.8 Å². The molecule has 0 bridgehead atoms. The van der Waals surface area contributed by atoms with Crippen LogP contribution in [-0.4, -0.2) is 11.7 Å². The third kappa shape index (κ3) is 5.43. The molecule has 0 heterocycles. The Bertz CT molecular complexity index is 1060. The SMILES string of the molecule is CCSc1ccc(CC(=O)Nc2ccc(C3(Sc4ccc(F)cc4)CC3)c(N)c2)cc1. The molecular weight excluding hydrogens is 427 g/mol. The van der Waals surface area contributed by atoms with Gasteiger partial charge in [0.25, 0.3) is 0 Å². The van der Waals surface area contributed by atoms with Crippen LogP contribution in [0.5, 0.6) is 0 Å². The highest BCUT2D eigenvalue weighted by Gasteiger charge is 2.46. The molecule has 1 aliphatic carbocycles. The lowest BCUT2D eigenvalue weighted by molar-refractivity contribution is -0.115. The van der Waals surface area contributed by atoms with Crippen molar-refractivity contribution in [1.82, 2.24) is 0 Å². The van der Waals surface area contributed by atoms with Crippen molar-refractivity contribution in [3.63, 3.8) is 0 Å². The Labute approximate surface area is 191 Å². The molecule has 3 aromatic rings. The van der Waals surface area contributed by atoms with Crippen molar-refractivity contribution in [2.24, 2.45) is 0 Å². The van der Waals surface area contributed by atoms with Crippen LogP contribution in [0, 0.1) is 5.82 Å². The van der Waals surface area contributed by atoms with Crippen LogP contribution >= 0.6 is 23.5 Å². The van der Waals surface area contributed by atoms with E-state index in [2.05, 4.69) is 24.4 Å². The summed E-state index contributed by atoms with van der Waals surface area (Å²) in [6.07, 6.45) is 2.37. The molecule has 3 N–H and O–H groups in total. The smallest absolute Gasteiger partial charge is 0.228 e. The van der Waals surface area contributed by atoms with Gasteiger partial charge in [-0.15, -0.1) is 23.5 Å². The summed E-state index contributed by atoms with van der Waals surface area (Å²) in [6, 6.07) is 20.4. The van der Waals surface area contributed by atoms with E-state index in [9.17, 15) is 9.18 Å². The Morgan fingerprint density at radius 3 is 2.32 bits per heavy atom. The quantitative estimate of drug-likeness (QED) is 0.303. The number of hydrogen-bond acceptors (Lipinski definition) is 4. The highest BCUT2D eigenvalue weighted by atomic mass is 32.2. The predicted octanol–water partition coefficient (Wildman–Crippen LogP) is 6.48. The molecule has 6 heteroatoms. The number of benzene rings is 3. The minimum atomic E-state index is -0.232. The number of nitrogens with two attached hydrogens (primary N) is 1. The fraction of sp³-hybridized carbons (Fsp3) is 0.240. The number of nitrogen functional groups attached to an aromatic ring is 1. The van der Waals surface area contributed by atoms with E-state index < -0.39 is 0 Å². The molecule has 1 amide bonds. The number of halogens is 1. The summed E-state index contributed by atoms with van der Waals surface area (Å²) in [4.78, 5) is 14.7. The third-order valence-corrected chi connectivity index (χ3v) is 7.68. The van der Waals surface area contributed by atoms with Crippen LogP contribution in [-0.2, 0) is 16.0 Å². The normalized spacial score (nSPS) is 14.3. The molecule has 3 nitrogen and oxygen atoms in total. The summed E-state index contributed by atoms with van der Waals surface area (Å²) in [6.45, 7) is 2.12. The van der Waals surface area contributed by atoms with E-state index >= 15 is 0 Å². The summed E-state index contributed by atoms with van der Waals surface area (Å²) < 4.78 is 13.1. The average Bonchev–Trinajstić information content (AvgIpc) is 3.52. The third-order valence-electron chi connectivity index (χ3n) is 5.26. The lowest BCUT2D eigenvalue weighted by Crippen LogP contribution is -2.15. The zero-order valence-electron chi connectivity index (χ0n) is 17.4. The van der Waals surface area contributed by atoms with Crippen molar-refractivity contribution in [2.75, 3.05) is 16.8 Å². The largest absolute Gasteiger partial charge is 0.398 e. The zero-order chi connectivity index (χ0) is 21.8. The van der Waals surface area contributed by atoms with Crippen LogP contribution in [0.1, 0.15) is 30.9 Å². The number of carbonyl (C=O) groups is 1. The van der Waals surface area contributed by atoms with Gasteiger partial charge in [-0.1, -0.05) is 25.1 Å². The van der Waals surface area contributed by atoms with Gasteiger partial charge in [-0.05, 0) is 78.3 Å². The Hall–Kier alpha value is -2.44. The monoisotopic (exact) mass is 452 g/mol. The summed E-state index contributed by atoms with van der Waals surface area (Å²) in [5.41, 5.74) is 9.80. The number of nitrogens with one attached hydrogen (secondary N) is 1. The number of thioether (sulfide) groups is 2. The second-order valence-electron chi connectivity index (χ2n) is 7.65. The molecule has 4 rings (SSSR count). The molecule has 31 heavy (non-hydrogen) atoms. The minimum Gasteiger partial charge on any atom is -0.398 e. The summed E-state index contributed by atoms with van der Waals surface area (Å²) in [5.74, 6) is 0.732. The maximum atomic E-state index is 13.2. The van der Waals surface area contributed by atoms with Crippen molar-refractivity contribution in [3.05, 3.63) is 83.7 Å². The topological polar surface area (TPSA) is 55.1 Å². The number of carbonyl (C=O) groups excluding carboxylic acids is 1. The Kier molecular flexibility index (Phi) is 6.58. The van der Waals surface area contributed by atoms with E-state index in [1.807, 2.05) is 30.3 Å². The van der Waals surface area contributed by atoms with Gasteiger partial charge in [0.05, 0.1) is 6.42 Å². The highest BCUT2D eigenvalue weighted by Crippen LogP contribution is 2.60. The van der Waals surface area contributed by atoms with Gasteiger partial charge < -0.3 is 11.1 Å². The Morgan fingerprint density at radius 1 is 1.03 bits per heavy atom. The van der Waals surface area contributed by atoms with Crippen LogP contribution in [0.25, 0.3) is 0 Å². The predicted molar refractivity (Wildman–Crippen MR) is 129 cm³/mol. The van der Waals surface area contributed by atoms with E-state index in [4.69, 9.17) is 5.73 Å². The van der Waals surface area contributed by atoms with Gasteiger partial charge >= 0.3 is 0 Å². The molecule has 0 radical (unpaired) electrons. The fourth-order valence-electron chi connectivity index (χ4n) is 3.58. The van der Waals surface area contributed by atoms with E-state index in [-0.39, 0.29) is 16.5 Å². The molecule has 1 fully saturated rings. The average molecular weight is 453 g/mol. The van der Waals surface area contributed by atoms with E-state index in [0.717, 1.165) is 34.6 Å². The van der Waals surface area contributed by atoms with Gasteiger partial charge in [-0.25, -0.2) is 4.39 Å². The standard InChI is InChI=1S/C25H25FN2OS2/c1-2-30-20-8-3-17(4-9-20)15-24(29)28-19-7-12-22(23(27)16-19)25(13-14-25)31-21-10-5-18(26)6-11-21/h3-12,16H,2,13-15,27H2,1H3,(H,28,29). The first-order valence-corrected chi connectivity index (χ1v) is 12.1. The Morgan fingerprint density at radius 2 is 1.71 bits per heavy atom. The van der Waals surface area contributed by atoms with Gasteiger partial charge in [0.2, 0.25) is 5.91 Å². The molecule has 0 atom stereocenters. The van der Waals surface area contributed by atoms with Gasteiger partial charge in [-0.3, -0.25) is 4.79 Å². The van der Waals surface area contributed by atoms with Gasteiger partial charge in [0, 0.05) is 25.9 Å². The van der Waals surface area contributed by atoms with Crippen molar-refractivity contribution >= 4 is 40.8 Å².